The largest absolute Gasteiger partial charge is 0.339 e. The van der Waals surface area contributed by atoms with Crippen LogP contribution in [0.15, 0.2) is 59.7 Å². The SMILES string of the molecule is CN=C(C)n1c(=N)ccc2c1ccn2C(C)c1ccccc1. The summed E-state index contributed by atoms with van der Waals surface area (Å²) in [5.74, 6) is 0.820. The molecule has 0 spiro atoms. The summed E-state index contributed by atoms with van der Waals surface area (Å²) in [5, 5.41) is 8.14. The standard InChI is InChI=1S/C18H20N4/c1-13(15-7-5-4-6-8-15)21-12-11-17-16(21)9-10-18(19)22(17)14(2)20-3/h4-13,19H,1-3H3. The second kappa shape index (κ2) is 5.64. The van der Waals surface area contributed by atoms with Crippen LogP contribution in [0.2, 0.25) is 0 Å². The molecule has 0 aliphatic rings. The molecule has 2 aromatic heterocycles. The van der Waals surface area contributed by atoms with E-state index in [1.54, 1.807) is 7.05 Å². The number of aromatic nitrogens is 2. The van der Waals surface area contributed by atoms with Crippen LogP contribution in [-0.2, 0) is 0 Å². The van der Waals surface area contributed by atoms with Crippen LogP contribution >= 0.6 is 0 Å². The lowest BCUT2D eigenvalue weighted by Crippen LogP contribution is -2.25. The maximum absolute atomic E-state index is 8.14. The van der Waals surface area contributed by atoms with E-state index in [0.717, 1.165) is 16.9 Å². The summed E-state index contributed by atoms with van der Waals surface area (Å²) in [6, 6.07) is 16.6. The lowest BCUT2D eigenvalue weighted by atomic mass is 10.1. The van der Waals surface area contributed by atoms with Crippen molar-refractivity contribution < 1.29 is 0 Å². The molecule has 0 fully saturated rings. The molecule has 1 aromatic carbocycles. The molecule has 0 aliphatic carbocycles. The van der Waals surface area contributed by atoms with Crippen LogP contribution in [0.25, 0.3) is 11.0 Å². The third kappa shape index (κ3) is 2.26. The summed E-state index contributed by atoms with van der Waals surface area (Å²) in [5.41, 5.74) is 3.83. The van der Waals surface area contributed by atoms with E-state index >= 15 is 0 Å². The molecule has 0 aliphatic heterocycles. The van der Waals surface area contributed by atoms with Crippen LogP contribution in [0.4, 0.5) is 0 Å². The van der Waals surface area contributed by atoms with Crippen LogP contribution in [0.1, 0.15) is 25.5 Å². The van der Waals surface area contributed by atoms with Crippen LogP contribution < -0.4 is 5.49 Å². The minimum atomic E-state index is 0.239. The average molecular weight is 292 g/mol. The zero-order valence-corrected chi connectivity index (χ0v) is 13.1. The zero-order chi connectivity index (χ0) is 15.7. The van der Waals surface area contributed by atoms with Gasteiger partial charge in [-0.25, -0.2) is 0 Å². The van der Waals surface area contributed by atoms with E-state index in [-0.39, 0.29) is 6.04 Å². The number of pyridine rings is 1. The Morgan fingerprint density at radius 3 is 2.45 bits per heavy atom. The van der Waals surface area contributed by atoms with Crippen molar-refractivity contribution in [3.8, 4) is 0 Å². The molecule has 3 aromatic rings. The second-order valence-corrected chi connectivity index (χ2v) is 5.40. The first-order chi connectivity index (χ1) is 10.6. The van der Waals surface area contributed by atoms with E-state index in [1.165, 1.54) is 5.56 Å². The fraction of sp³-hybridized carbons (Fsp3) is 0.222. The highest BCUT2D eigenvalue weighted by atomic mass is 15.1. The van der Waals surface area contributed by atoms with Gasteiger partial charge >= 0.3 is 0 Å². The van der Waals surface area contributed by atoms with Gasteiger partial charge in [0, 0.05) is 13.2 Å². The highest BCUT2D eigenvalue weighted by molar-refractivity contribution is 5.91. The monoisotopic (exact) mass is 292 g/mol. The van der Waals surface area contributed by atoms with Gasteiger partial charge < -0.3 is 4.57 Å². The quantitative estimate of drug-likeness (QED) is 0.556. The number of fused-ring (bicyclic) bond motifs is 1. The van der Waals surface area contributed by atoms with Crippen LogP contribution in [0.3, 0.4) is 0 Å². The summed E-state index contributed by atoms with van der Waals surface area (Å²) in [7, 11) is 1.75. The van der Waals surface area contributed by atoms with Crippen molar-refractivity contribution in [3.63, 3.8) is 0 Å². The van der Waals surface area contributed by atoms with Gasteiger partial charge in [-0.15, -0.1) is 0 Å². The van der Waals surface area contributed by atoms with Crippen molar-refractivity contribution in [2.75, 3.05) is 7.05 Å². The van der Waals surface area contributed by atoms with Crippen molar-refractivity contribution in [2.45, 2.75) is 19.9 Å². The van der Waals surface area contributed by atoms with E-state index in [1.807, 2.05) is 29.7 Å². The summed E-state index contributed by atoms with van der Waals surface area (Å²) in [4.78, 5) is 4.23. The highest BCUT2D eigenvalue weighted by Crippen LogP contribution is 2.24. The molecule has 0 radical (unpaired) electrons. The van der Waals surface area contributed by atoms with Gasteiger partial charge in [0.25, 0.3) is 0 Å². The van der Waals surface area contributed by atoms with Crippen molar-refractivity contribution in [2.24, 2.45) is 4.99 Å². The summed E-state index contributed by atoms with van der Waals surface area (Å²) < 4.78 is 4.12. The molecular weight excluding hydrogens is 272 g/mol. The molecule has 2 heterocycles. The van der Waals surface area contributed by atoms with Gasteiger partial charge in [0.05, 0.1) is 17.1 Å². The van der Waals surface area contributed by atoms with E-state index in [0.29, 0.717) is 5.49 Å². The van der Waals surface area contributed by atoms with Crippen LogP contribution in [-0.4, -0.2) is 22.0 Å². The molecule has 3 rings (SSSR count). The van der Waals surface area contributed by atoms with Crippen molar-refractivity contribution >= 4 is 16.9 Å². The third-order valence-electron chi connectivity index (χ3n) is 4.16. The van der Waals surface area contributed by atoms with Crippen molar-refractivity contribution in [1.82, 2.24) is 9.13 Å². The summed E-state index contributed by atoms with van der Waals surface area (Å²) in [6.07, 6.45) is 2.08. The summed E-state index contributed by atoms with van der Waals surface area (Å²) in [6.45, 7) is 4.12. The average Bonchev–Trinajstić information content (AvgIpc) is 2.98. The number of rotatable bonds is 2. The highest BCUT2D eigenvalue weighted by Gasteiger charge is 2.13. The van der Waals surface area contributed by atoms with E-state index in [2.05, 4.69) is 53.0 Å². The number of hydrogen-bond acceptors (Lipinski definition) is 2. The molecule has 1 atom stereocenters. The topological polar surface area (TPSA) is 46.1 Å². The molecule has 4 heteroatoms. The van der Waals surface area contributed by atoms with E-state index < -0.39 is 0 Å². The summed E-state index contributed by atoms with van der Waals surface area (Å²) >= 11 is 0. The number of hydrogen-bond donors (Lipinski definition) is 1. The van der Waals surface area contributed by atoms with Gasteiger partial charge in [-0.1, -0.05) is 30.3 Å². The Morgan fingerprint density at radius 2 is 1.77 bits per heavy atom. The molecule has 0 saturated carbocycles. The minimum Gasteiger partial charge on any atom is -0.339 e. The predicted molar refractivity (Wildman–Crippen MR) is 90.5 cm³/mol. The molecule has 0 saturated heterocycles. The van der Waals surface area contributed by atoms with Gasteiger partial charge in [-0.3, -0.25) is 15.0 Å². The van der Waals surface area contributed by atoms with Crippen LogP contribution in [0.5, 0.6) is 0 Å². The van der Waals surface area contributed by atoms with Gasteiger partial charge in [0.15, 0.2) is 0 Å². The molecule has 0 amide bonds. The van der Waals surface area contributed by atoms with Gasteiger partial charge in [-0.2, -0.15) is 0 Å². The van der Waals surface area contributed by atoms with Crippen molar-refractivity contribution in [1.29, 1.82) is 5.41 Å². The molecule has 1 N–H and O–H groups in total. The number of nitrogens with one attached hydrogen (secondary N) is 1. The Balaban J connectivity index is 2.20. The lowest BCUT2D eigenvalue weighted by Gasteiger charge is -2.16. The van der Waals surface area contributed by atoms with Gasteiger partial charge in [0.1, 0.15) is 11.3 Å². The molecule has 22 heavy (non-hydrogen) atoms. The number of benzene rings is 1. The Morgan fingerprint density at radius 1 is 1.05 bits per heavy atom. The maximum atomic E-state index is 8.14. The Labute approximate surface area is 129 Å². The van der Waals surface area contributed by atoms with E-state index in [9.17, 15) is 0 Å². The lowest BCUT2D eigenvalue weighted by molar-refractivity contribution is 0.663. The smallest absolute Gasteiger partial charge is 0.130 e. The van der Waals surface area contributed by atoms with Crippen LogP contribution in [0, 0.1) is 5.41 Å². The molecule has 4 nitrogen and oxygen atoms in total. The van der Waals surface area contributed by atoms with Gasteiger partial charge in [0.2, 0.25) is 0 Å². The Kier molecular flexibility index (Phi) is 3.67. The normalized spacial score (nSPS) is 13.5. The van der Waals surface area contributed by atoms with Gasteiger partial charge in [-0.05, 0) is 37.6 Å². The van der Waals surface area contributed by atoms with E-state index in [4.69, 9.17) is 5.41 Å². The fourth-order valence-electron chi connectivity index (χ4n) is 2.85. The minimum absolute atomic E-state index is 0.239. The third-order valence-corrected chi connectivity index (χ3v) is 4.16. The first-order valence-corrected chi connectivity index (χ1v) is 7.39. The number of nitrogens with zero attached hydrogens (tertiary/aromatic N) is 3. The number of aliphatic imine (C=N–C) groups is 1. The predicted octanol–water partition coefficient (Wildman–Crippen LogP) is 3.43. The maximum Gasteiger partial charge on any atom is 0.130 e. The van der Waals surface area contributed by atoms with Crippen molar-refractivity contribution in [3.05, 3.63) is 65.8 Å². The molecule has 1 unspecified atom stereocenters. The zero-order valence-electron chi connectivity index (χ0n) is 13.1. The molecular formula is C18H20N4. The first-order valence-electron chi connectivity index (χ1n) is 7.39. The Bertz CT molecular complexity index is 884. The molecule has 112 valence electrons. The fourth-order valence-corrected chi connectivity index (χ4v) is 2.85. The first kappa shape index (κ1) is 14.3. The molecule has 0 bridgehead atoms. The second-order valence-electron chi connectivity index (χ2n) is 5.40. The Hall–Kier alpha value is -2.62.